The molecule has 19 heavy (non-hydrogen) atoms. The number of rotatable bonds is 8. The third-order valence-electron chi connectivity index (χ3n) is 2.42. The van der Waals surface area contributed by atoms with Gasteiger partial charge in [0.05, 0.1) is 14.2 Å². The third kappa shape index (κ3) is 7.40. The van der Waals surface area contributed by atoms with Gasteiger partial charge in [-0.25, -0.2) is 0 Å². The van der Waals surface area contributed by atoms with Crippen LogP contribution in [0.3, 0.4) is 0 Å². The molecule has 0 aliphatic carbocycles. The second kappa shape index (κ2) is 9.32. The van der Waals surface area contributed by atoms with Gasteiger partial charge in [0, 0.05) is 20.1 Å². The Morgan fingerprint density at radius 1 is 1.00 bits per heavy atom. The summed E-state index contributed by atoms with van der Waals surface area (Å²) in [6, 6.07) is 0. The lowest BCUT2D eigenvalue weighted by Crippen LogP contribution is -2.41. The molecule has 0 N–H and O–H groups in total. The Hall–Kier alpha value is -1.63. The van der Waals surface area contributed by atoms with Crippen LogP contribution in [0.1, 0.15) is 13.3 Å². The van der Waals surface area contributed by atoms with E-state index in [0.717, 1.165) is 4.90 Å². The minimum Gasteiger partial charge on any atom is -0.468 e. The van der Waals surface area contributed by atoms with Crippen molar-refractivity contribution in [3.05, 3.63) is 0 Å². The van der Waals surface area contributed by atoms with Crippen molar-refractivity contribution < 1.29 is 28.6 Å². The molecule has 0 rings (SSSR count). The van der Waals surface area contributed by atoms with Crippen LogP contribution in [0.15, 0.2) is 0 Å². The highest BCUT2D eigenvalue weighted by molar-refractivity contribution is 5.86. The van der Waals surface area contributed by atoms with E-state index >= 15 is 0 Å². The van der Waals surface area contributed by atoms with Crippen LogP contribution in [-0.2, 0) is 28.6 Å². The molecule has 1 unspecified atom stereocenters. The Bertz CT molecular complexity index is 299. The summed E-state index contributed by atoms with van der Waals surface area (Å²) < 4.78 is 13.9. The van der Waals surface area contributed by atoms with Gasteiger partial charge in [-0.1, -0.05) is 6.92 Å². The SMILES string of the molecule is COCC(C)CC(=O)N(CC(=O)OC)CC(=O)OC. The molecule has 0 aliphatic rings. The summed E-state index contributed by atoms with van der Waals surface area (Å²) in [4.78, 5) is 35.5. The average molecular weight is 275 g/mol. The Labute approximate surface area is 112 Å². The summed E-state index contributed by atoms with van der Waals surface area (Å²) in [5.41, 5.74) is 0. The topological polar surface area (TPSA) is 82.1 Å². The van der Waals surface area contributed by atoms with Gasteiger partial charge in [-0.05, 0) is 5.92 Å². The average Bonchev–Trinajstić information content (AvgIpc) is 2.37. The van der Waals surface area contributed by atoms with Gasteiger partial charge in [0.2, 0.25) is 5.91 Å². The fourth-order valence-corrected chi connectivity index (χ4v) is 1.44. The van der Waals surface area contributed by atoms with E-state index < -0.39 is 11.9 Å². The largest absolute Gasteiger partial charge is 0.468 e. The van der Waals surface area contributed by atoms with E-state index in [2.05, 4.69) is 9.47 Å². The first-order chi connectivity index (χ1) is 8.94. The number of carbonyl (C=O) groups excluding carboxylic acids is 3. The maximum Gasteiger partial charge on any atom is 0.325 e. The van der Waals surface area contributed by atoms with Crippen LogP contribution in [0.4, 0.5) is 0 Å². The molecule has 110 valence electrons. The first kappa shape index (κ1) is 17.4. The van der Waals surface area contributed by atoms with Crippen molar-refractivity contribution in [1.29, 1.82) is 0 Å². The van der Waals surface area contributed by atoms with Crippen molar-refractivity contribution in [2.75, 3.05) is 41.0 Å². The maximum atomic E-state index is 12.0. The molecule has 0 radical (unpaired) electrons. The van der Waals surface area contributed by atoms with Crippen LogP contribution in [0.2, 0.25) is 0 Å². The molecule has 0 bridgehead atoms. The lowest BCUT2D eigenvalue weighted by molar-refractivity contribution is -0.152. The zero-order valence-corrected chi connectivity index (χ0v) is 11.8. The molecule has 0 heterocycles. The van der Waals surface area contributed by atoms with Crippen molar-refractivity contribution in [2.45, 2.75) is 13.3 Å². The Kier molecular flexibility index (Phi) is 8.52. The van der Waals surface area contributed by atoms with Gasteiger partial charge in [0.15, 0.2) is 0 Å². The predicted molar refractivity (Wildman–Crippen MR) is 66.3 cm³/mol. The maximum absolute atomic E-state index is 12.0. The molecule has 7 heteroatoms. The number of carbonyl (C=O) groups is 3. The highest BCUT2D eigenvalue weighted by Gasteiger charge is 2.22. The van der Waals surface area contributed by atoms with Crippen LogP contribution in [0.25, 0.3) is 0 Å². The first-order valence-electron chi connectivity index (χ1n) is 5.84. The second-order valence-corrected chi connectivity index (χ2v) is 4.17. The number of hydrogen-bond donors (Lipinski definition) is 0. The van der Waals surface area contributed by atoms with Gasteiger partial charge in [0.25, 0.3) is 0 Å². The molecule has 7 nitrogen and oxygen atoms in total. The highest BCUT2D eigenvalue weighted by Crippen LogP contribution is 2.06. The van der Waals surface area contributed by atoms with Gasteiger partial charge in [-0.3, -0.25) is 14.4 Å². The first-order valence-corrected chi connectivity index (χ1v) is 5.84. The number of methoxy groups -OCH3 is 3. The molecular formula is C12H21NO6. The lowest BCUT2D eigenvalue weighted by atomic mass is 10.1. The van der Waals surface area contributed by atoms with Crippen LogP contribution in [0.5, 0.6) is 0 Å². The Balaban J connectivity index is 4.57. The van der Waals surface area contributed by atoms with Crippen LogP contribution in [-0.4, -0.2) is 63.8 Å². The number of ether oxygens (including phenoxy) is 3. The summed E-state index contributed by atoms with van der Waals surface area (Å²) in [5.74, 6) is -1.50. The summed E-state index contributed by atoms with van der Waals surface area (Å²) >= 11 is 0. The molecule has 0 saturated heterocycles. The van der Waals surface area contributed by atoms with E-state index in [-0.39, 0.29) is 31.3 Å². The Morgan fingerprint density at radius 3 is 1.84 bits per heavy atom. The zero-order chi connectivity index (χ0) is 14.8. The molecule has 0 aromatic heterocycles. The smallest absolute Gasteiger partial charge is 0.325 e. The van der Waals surface area contributed by atoms with Crippen LogP contribution < -0.4 is 0 Å². The number of hydrogen-bond acceptors (Lipinski definition) is 6. The summed E-state index contributed by atoms with van der Waals surface area (Å²) in [5, 5.41) is 0. The molecule has 0 aromatic rings. The lowest BCUT2D eigenvalue weighted by Gasteiger charge is -2.21. The van der Waals surface area contributed by atoms with E-state index in [0.29, 0.717) is 6.61 Å². The highest BCUT2D eigenvalue weighted by atomic mass is 16.5. The normalized spacial score (nSPS) is 11.6. The second-order valence-electron chi connectivity index (χ2n) is 4.17. The minimum absolute atomic E-state index is 0.00436. The molecule has 0 aromatic carbocycles. The van der Waals surface area contributed by atoms with Crippen molar-refractivity contribution >= 4 is 17.8 Å². The number of amides is 1. The quantitative estimate of drug-likeness (QED) is 0.572. The van der Waals surface area contributed by atoms with Crippen LogP contribution in [0, 0.1) is 5.92 Å². The zero-order valence-electron chi connectivity index (χ0n) is 11.8. The number of nitrogens with zero attached hydrogens (tertiary/aromatic N) is 1. The van der Waals surface area contributed by atoms with E-state index in [1.165, 1.54) is 14.2 Å². The number of esters is 2. The van der Waals surface area contributed by atoms with Gasteiger partial charge in [-0.15, -0.1) is 0 Å². The van der Waals surface area contributed by atoms with E-state index in [1.54, 1.807) is 7.11 Å². The fraction of sp³-hybridized carbons (Fsp3) is 0.750. The van der Waals surface area contributed by atoms with Crippen LogP contribution >= 0.6 is 0 Å². The molecule has 1 amide bonds. The van der Waals surface area contributed by atoms with Crippen molar-refractivity contribution in [1.82, 2.24) is 4.90 Å². The summed E-state index contributed by atoms with van der Waals surface area (Å²) in [7, 11) is 3.98. The molecular weight excluding hydrogens is 254 g/mol. The third-order valence-corrected chi connectivity index (χ3v) is 2.42. The molecule has 0 spiro atoms. The Morgan fingerprint density at radius 2 is 1.47 bits per heavy atom. The molecule has 0 saturated carbocycles. The fourth-order valence-electron chi connectivity index (χ4n) is 1.44. The van der Waals surface area contributed by atoms with E-state index in [4.69, 9.17) is 4.74 Å². The van der Waals surface area contributed by atoms with Crippen molar-refractivity contribution in [2.24, 2.45) is 5.92 Å². The summed E-state index contributed by atoms with van der Waals surface area (Å²) in [6.45, 7) is 1.72. The van der Waals surface area contributed by atoms with E-state index in [1.807, 2.05) is 6.92 Å². The predicted octanol–water partition coefficient (Wildman–Crippen LogP) is -0.166. The van der Waals surface area contributed by atoms with Crippen molar-refractivity contribution in [3.63, 3.8) is 0 Å². The molecule has 0 aliphatic heterocycles. The molecule has 0 fully saturated rings. The molecule has 1 atom stereocenters. The van der Waals surface area contributed by atoms with Crippen molar-refractivity contribution in [3.8, 4) is 0 Å². The standard InChI is InChI=1S/C12H21NO6/c1-9(8-17-2)5-10(14)13(6-11(15)18-3)7-12(16)19-4/h9H,5-8H2,1-4H3. The van der Waals surface area contributed by atoms with Gasteiger partial charge >= 0.3 is 11.9 Å². The monoisotopic (exact) mass is 275 g/mol. The van der Waals surface area contributed by atoms with Gasteiger partial charge < -0.3 is 19.1 Å². The van der Waals surface area contributed by atoms with Gasteiger partial charge in [0.1, 0.15) is 13.1 Å². The summed E-state index contributed by atoms with van der Waals surface area (Å²) in [6.07, 6.45) is 0.182. The van der Waals surface area contributed by atoms with E-state index in [9.17, 15) is 14.4 Å². The van der Waals surface area contributed by atoms with Gasteiger partial charge in [-0.2, -0.15) is 0 Å². The minimum atomic E-state index is -0.586.